The highest BCUT2D eigenvalue weighted by molar-refractivity contribution is 5.85. The van der Waals surface area contributed by atoms with E-state index in [1.165, 1.54) is 6.92 Å². The van der Waals surface area contributed by atoms with Gasteiger partial charge in [0.25, 0.3) is 5.82 Å². The number of pyridine rings is 1. The lowest BCUT2D eigenvalue weighted by Crippen LogP contribution is -2.36. The summed E-state index contributed by atoms with van der Waals surface area (Å²) in [5.74, 6) is -0.0453. The molecule has 0 aliphatic carbocycles. The van der Waals surface area contributed by atoms with Gasteiger partial charge in [0.05, 0.1) is 23.7 Å². The molecule has 23 heavy (non-hydrogen) atoms. The van der Waals surface area contributed by atoms with Crippen molar-refractivity contribution >= 4 is 12.0 Å². The summed E-state index contributed by atoms with van der Waals surface area (Å²) in [6.07, 6.45) is -2.93. The Morgan fingerprint density at radius 2 is 1.91 bits per heavy atom. The van der Waals surface area contributed by atoms with Crippen LogP contribution in [0.1, 0.15) is 16.7 Å². The lowest BCUT2D eigenvalue weighted by Gasteiger charge is -2.14. The molecule has 2 aromatic rings. The van der Waals surface area contributed by atoms with Crippen LogP contribution in [0.4, 0.5) is 19.0 Å². The van der Waals surface area contributed by atoms with Crippen LogP contribution < -0.4 is 10.3 Å². The Morgan fingerprint density at radius 3 is 2.43 bits per heavy atom. The molecule has 0 spiro atoms. The van der Waals surface area contributed by atoms with Gasteiger partial charge in [-0.05, 0) is 36.8 Å². The smallest absolute Gasteiger partial charge is 0.416 e. The van der Waals surface area contributed by atoms with Gasteiger partial charge in [0.15, 0.2) is 0 Å². The standard InChI is InChI=1S/C16H16F3N3O/c1-9-6-11(16(17,18)19)7-13(23)14(9)12-5-4-10(8-21-2)15(20)22(12)3/h4-8H,1-3H3,(H2,20,21,23)/p+1. The number of aryl methyl sites for hydroxylation is 1. The first-order valence-electron chi connectivity index (χ1n) is 6.78. The minimum absolute atomic E-state index is 0.309. The number of hydrogen-bond acceptors (Lipinski definition) is 3. The van der Waals surface area contributed by atoms with Crippen molar-refractivity contribution < 1.29 is 22.8 Å². The summed E-state index contributed by atoms with van der Waals surface area (Å²) >= 11 is 0. The lowest BCUT2D eigenvalue weighted by atomic mass is 9.99. The third-order valence-electron chi connectivity index (χ3n) is 3.61. The summed E-state index contributed by atoms with van der Waals surface area (Å²) in [5.41, 5.74) is 6.95. The van der Waals surface area contributed by atoms with E-state index >= 15 is 0 Å². The van der Waals surface area contributed by atoms with Crippen LogP contribution >= 0.6 is 0 Å². The Labute approximate surface area is 131 Å². The Balaban J connectivity index is 2.66. The second kappa shape index (κ2) is 5.91. The number of aromatic nitrogens is 1. The van der Waals surface area contributed by atoms with Crippen molar-refractivity contribution in [2.24, 2.45) is 12.0 Å². The zero-order valence-electron chi connectivity index (χ0n) is 12.9. The van der Waals surface area contributed by atoms with Crippen molar-refractivity contribution in [3.63, 3.8) is 0 Å². The zero-order chi connectivity index (χ0) is 17.4. The van der Waals surface area contributed by atoms with Crippen molar-refractivity contribution in [3.8, 4) is 17.0 Å². The molecule has 3 N–H and O–H groups in total. The number of aliphatic imine (C=N–C) groups is 1. The van der Waals surface area contributed by atoms with E-state index in [4.69, 9.17) is 5.73 Å². The summed E-state index contributed by atoms with van der Waals surface area (Å²) in [4.78, 5) is 3.89. The van der Waals surface area contributed by atoms with Crippen molar-refractivity contribution in [1.29, 1.82) is 0 Å². The van der Waals surface area contributed by atoms with Gasteiger partial charge < -0.3 is 5.11 Å². The predicted molar refractivity (Wildman–Crippen MR) is 82.4 cm³/mol. The quantitative estimate of drug-likeness (QED) is 0.659. The number of nitrogen functional groups attached to an aromatic ring is 1. The number of benzene rings is 1. The van der Waals surface area contributed by atoms with E-state index in [1.54, 1.807) is 37.0 Å². The molecule has 0 amide bonds. The molecule has 0 aliphatic rings. The highest BCUT2D eigenvalue weighted by Gasteiger charge is 2.32. The average molecular weight is 324 g/mol. The lowest BCUT2D eigenvalue weighted by molar-refractivity contribution is -0.645. The number of alkyl halides is 3. The maximum absolute atomic E-state index is 12.8. The molecular weight excluding hydrogens is 307 g/mol. The maximum atomic E-state index is 12.8. The van der Waals surface area contributed by atoms with Crippen molar-refractivity contribution in [2.75, 3.05) is 12.8 Å². The van der Waals surface area contributed by atoms with Gasteiger partial charge in [-0.2, -0.15) is 13.2 Å². The number of anilines is 1. The van der Waals surface area contributed by atoms with Crippen LogP contribution in [0.3, 0.4) is 0 Å². The first-order chi connectivity index (χ1) is 10.7. The molecule has 0 bridgehead atoms. The van der Waals surface area contributed by atoms with E-state index in [9.17, 15) is 18.3 Å². The third-order valence-corrected chi connectivity index (χ3v) is 3.61. The minimum Gasteiger partial charge on any atom is -0.507 e. The second-order valence-electron chi connectivity index (χ2n) is 5.19. The maximum Gasteiger partial charge on any atom is 0.416 e. The van der Waals surface area contributed by atoms with Crippen LogP contribution in [0.15, 0.2) is 29.3 Å². The summed E-state index contributed by atoms with van der Waals surface area (Å²) in [6.45, 7) is 1.52. The number of halogens is 3. The highest BCUT2D eigenvalue weighted by Crippen LogP contribution is 2.38. The number of phenolic OH excluding ortho intramolecular Hbond substituents is 1. The molecule has 0 aliphatic heterocycles. The number of phenols is 1. The first-order valence-corrected chi connectivity index (χ1v) is 6.78. The molecule has 2 rings (SSSR count). The topological polar surface area (TPSA) is 62.5 Å². The molecule has 7 heteroatoms. The largest absolute Gasteiger partial charge is 0.507 e. The van der Waals surface area contributed by atoms with Gasteiger partial charge >= 0.3 is 6.18 Å². The van der Waals surface area contributed by atoms with Gasteiger partial charge in [-0.15, -0.1) is 0 Å². The van der Waals surface area contributed by atoms with Crippen molar-refractivity contribution in [1.82, 2.24) is 0 Å². The van der Waals surface area contributed by atoms with Crippen LogP contribution in [0.5, 0.6) is 5.75 Å². The van der Waals surface area contributed by atoms with Crippen molar-refractivity contribution in [3.05, 3.63) is 41.0 Å². The Bertz CT molecular complexity index is 760. The van der Waals surface area contributed by atoms with Gasteiger partial charge in [-0.3, -0.25) is 10.7 Å². The molecule has 0 saturated heterocycles. The zero-order valence-corrected chi connectivity index (χ0v) is 12.9. The number of hydrogen-bond donors (Lipinski definition) is 2. The Morgan fingerprint density at radius 1 is 1.26 bits per heavy atom. The van der Waals surface area contributed by atoms with Gasteiger partial charge in [0, 0.05) is 13.3 Å². The van der Waals surface area contributed by atoms with E-state index < -0.39 is 17.5 Å². The molecule has 1 aromatic carbocycles. The minimum atomic E-state index is -4.51. The molecule has 122 valence electrons. The fourth-order valence-corrected chi connectivity index (χ4v) is 2.45. The van der Waals surface area contributed by atoms with E-state index in [2.05, 4.69) is 4.99 Å². The van der Waals surface area contributed by atoms with Crippen molar-refractivity contribution in [2.45, 2.75) is 13.1 Å². The van der Waals surface area contributed by atoms with Crippen LogP contribution in [0, 0.1) is 6.92 Å². The highest BCUT2D eigenvalue weighted by atomic mass is 19.4. The normalized spacial score (nSPS) is 12.1. The van der Waals surface area contributed by atoms with Crippen LogP contribution in [-0.4, -0.2) is 18.4 Å². The summed E-state index contributed by atoms with van der Waals surface area (Å²) in [7, 11) is 3.29. The molecule has 1 heterocycles. The monoisotopic (exact) mass is 324 g/mol. The fraction of sp³-hybridized carbons (Fsp3) is 0.250. The van der Waals surface area contributed by atoms with Gasteiger partial charge in [-0.25, -0.2) is 4.57 Å². The number of nitrogens with two attached hydrogens (primary N) is 1. The molecule has 0 radical (unpaired) electrons. The van der Waals surface area contributed by atoms with Gasteiger partial charge in [0.2, 0.25) is 0 Å². The van der Waals surface area contributed by atoms with Crippen LogP contribution in [0.2, 0.25) is 0 Å². The molecular formula is C16H17F3N3O+. The molecule has 4 nitrogen and oxygen atoms in total. The Hall–Kier alpha value is -2.57. The molecule has 1 aromatic heterocycles. The van der Waals surface area contributed by atoms with Gasteiger partial charge in [0.1, 0.15) is 11.4 Å². The second-order valence-corrected chi connectivity index (χ2v) is 5.19. The molecule has 0 atom stereocenters. The van der Waals surface area contributed by atoms with E-state index in [0.717, 1.165) is 12.1 Å². The SMILES string of the molecule is CN=Cc1ccc(-c2c(C)cc(C(F)(F)F)cc2O)[n+](C)c1N. The predicted octanol–water partition coefficient (Wildman–Crippen LogP) is 2.84. The molecule has 0 fully saturated rings. The van der Waals surface area contributed by atoms with E-state index in [0.29, 0.717) is 28.2 Å². The van der Waals surface area contributed by atoms with Crippen LogP contribution in [0.25, 0.3) is 11.3 Å². The van der Waals surface area contributed by atoms with Gasteiger partial charge in [-0.1, -0.05) is 0 Å². The molecule has 0 saturated carbocycles. The Kier molecular flexibility index (Phi) is 4.31. The summed E-state index contributed by atoms with van der Waals surface area (Å²) in [5, 5.41) is 10.1. The summed E-state index contributed by atoms with van der Waals surface area (Å²) in [6, 6.07) is 5.11. The fourth-order valence-electron chi connectivity index (χ4n) is 2.45. The first kappa shape index (κ1) is 16.8. The van der Waals surface area contributed by atoms with E-state index in [1.807, 2.05) is 0 Å². The molecule has 0 unspecified atom stereocenters. The number of rotatable bonds is 2. The average Bonchev–Trinajstić information content (AvgIpc) is 2.44. The van der Waals surface area contributed by atoms with E-state index in [-0.39, 0.29) is 0 Å². The summed E-state index contributed by atoms with van der Waals surface area (Å²) < 4.78 is 40.0. The number of nitrogens with zero attached hydrogens (tertiary/aromatic N) is 2. The number of aromatic hydroxyl groups is 1. The third kappa shape index (κ3) is 3.13. The van der Waals surface area contributed by atoms with Crippen LogP contribution in [-0.2, 0) is 13.2 Å².